The molecule has 0 saturated carbocycles. The lowest BCUT2D eigenvalue weighted by molar-refractivity contribution is 0.356. The van der Waals surface area contributed by atoms with E-state index in [4.69, 9.17) is 31.3 Å². The van der Waals surface area contributed by atoms with Crippen LogP contribution < -0.4 is 15.2 Å². The highest BCUT2D eigenvalue weighted by atomic mass is 35.5. The maximum atomic E-state index is 6.42. The Bertz CT molecular complexity index is 596. The number of aryl methyl sites for hydroxylation is 1. The third-order valence-electron chi connectivity index (χ3n) is 2.93. The van der Waals surface area contributed by atoms with Gasteiger partial charge in [0.2, 0.25) is 5.88 Å². The van der Waals surface area contributed by atoms with Gasteiger partial charge in [0.05, 0.1) is 36.6 Å². The van der Waals surface area contributed by atoms with Crippen LogP contribution in [0.3, 0.4) is 0 Å². The third-order valence-corrected chi connectivity index (χ3v) is 3.36. The summed E-state index contributed by atoms with van der Waals surface area (Å²) in [5, 5.41) is 4.24. The average Bonchev–Trinajstić information content (AvgIpc) is 2.84. The Morgan fingerprint density at radius 2 is 2.11 bits per heavy atom. The molecule has 6 heteroatoms. The number of nitrogens with two attached hydrogens (primary N) is 1. The summed E-state index contributed by atoms with van der Waals surface area (Å²) in [5.74, 6) is 1.30. The van der Waals surface area contributed by atoms with Crippen molar-refractivity contribution in [3.63, 3.8) is 0 Å². The summed E-state index contributed by atoms with van der Waals surface area (Å²) in [6.07, 6.45) is 2.27. The molecule has 5 nitrogen and oxygen atoms in total. The van der Waals surface area contributed by atoms with Crippen molar-refractivity contribution >= 4 is 17.5 Å². The fraction of sp³-hybridized carbons (Fsp3) is 0.308. The molecule has 2 rings (SSSR count). The van der Waals surface area contributed by atoms with Gasteiger partial charge in [-0.1, -0.05) is 23.7 Å². The molecular formula is C13H15ClN2O3. The molecule has 1 aromatic heterocycles. The molecule has 0 amide bonds. The van der Waals surface area contributed by atoms with Crippen molar-refractivity contribution in [2.75, 3.05) is 20.0 Å². The topological polar surface area (TPSA) is 70.5 Å². The van der Waals surface area contributed by atoms with Crippen LogP contribution in [0.15, 0.2) is 16.8 Å². The molecule has 0 bridgehead atoms. The van der Waals surface area contributed by atoms with Crippen LogP contribution in [-0.2, 0) is 6.42 Å². The van der Waals surface area contributed by atoms with E-state index in [-0.39, 0.29) is 5.88 Å². The fourth-order valence-electron chi connectivity index (χ4n) is 1.96. The van der Waals surface area contributed by atoms with Gasteiger partial charge in [0, 0.05) is 0 Å². The zero-order chi connectivity index (χ0) is 14.0. The number of nitrogens with zero attached hydrogens (tertiary/aromatic N) is 1. The molecule has 0 unspecified atom stereocenters. The predicted octanol–water partition coefficient (Wildman–Crippen LogP) is 3.16. The average molecular weight is 283 g/mol. The Kier molecular flexibility index (Phi) is 3.85. The largest absolute Gasteiger partial charge is 0.493 e. The molecule has 0 fully saturated rings. The highest BCUT2D eigenvalue weighted by Crippen LogP contribution is 2.46. The number of aromatic nitrogens is 1. The summed E-state index contributed by atoms with van der Waals surface area (Å²) in [4.78, 5) is 0. The van der Waals surface area contributed by atoms with Gasteiger partial charge in [-0.2, -0.15) is 0 Å². The summed E-state index contributed by atoms with van der Waals surface area (Å²) < 4.78 is 15.6. The Morgan fingerprint density at radius 1 is 1.37 bits per heavy atom. The monoisotopic (exact) mass is 282 g/mol. The van der Waals surface area contributed by atoms with Crippen LogP contribution in [0.2, 0.25) is 5.02 Å². The molecule has 0 radical (unpaired) electrons. The number of rotatable bonds is 4. The van der Waals surface area contributed by atoms with Crippen molar-refractivity contribution in [3.05, 3.63) is 22.8 Å². The molecule has 0 saturated heterocycles. The molecule has 102 valence electrons. The molecule has 0 atom stereocenters. The number of hydrogen-bond donors (Lipinski definition) is 1. The summed E-state index contributed by atoms with van der Waals surface area (Å²) in [6, 6.07) is 1.86. The standard InChI is InChI=1S/C13H15ClN2O3/c1-4-7-5-9(17-2)12(18-3)10(11(7)14)8-6-16-19-13(8)15/h5-6H,4,15H2,1-3H3. The van der Waals surface area contributed by atoms with Gasteiger partial charge < -0.3 is 19.7 Å². The Hall–Kier alpha value is -1.88. The smallest absolute Gasteiger partial charge is 0.230 e. The fourth-order valence-corrected chi connectivity index (χ4v) is 2.33. The summed E-state index contributed by atoms with van der Waals surface area (Å²) in [6.45, 7) is 2.01. The van der Waals surface area contributed by atoms with Gasteiger partial charge in [-0.3, -0.25) is 0 Å². The Labute approximate surface area is 116 Å². The molecule has 0 spiro atoms. The first-order valence-electron chi connectivity index (χ1n) is 5.77. The molecule has 0 aliphatic heterocycles. The van der Waals surface area contributed by atoms with E-state index in [2.05, 4.69) is 5.16 Å². The predicted molar refractivity (Wildman–Crippen MR) is 73.8 cm³/mol. The number of nitrogen functional groups attached to an aromatic ring is 1. The maximum Gasteiger partial charge on any atom is 0.230 e. The lowest BCUT2D eigenvalue weighted by Crippen LogP contribution is -1.98. The normalized spacial score (nSPS) is 10.5. The molecule has 1 aromatic carbocycles. The van der Waals surface area contributed by atoms with Gasteiger partial charge in [-0.15, -0.1) is 0 Å². The van der Waals surface area contributed by atoms with Crippen LogP contribution in [0, 0.1) is 0 Å². The van der Waals surface area contributed by atoms with E-state index in [1.165, 1.54) is 6.20 Å². The number of methoxy groups -OCH3 is 2. The van der Waals surface area contributed by atoms with Crippen LogP contribution in [0.4, 0.5) is 5.88 Å². The molecular weight excluding hydrogens is 268 g/mol. The molecule has 19 heavy (non-hydrogen) atoms. The lowest BCUT2D eigenvalue weighted by Gasteiger charge is -2.16. The molecule has 0 aliphatic carbocycles. The first-order chi connectivity index (χ1) is 9.13. The summed E-state index contributed by atoms with van der Waals surface area (Å²) in [5.41, 5.74) is 7.93. The van der Waals surface area contributed by atoms with E-state index in [1.807, 2.05) is 13.0 Å². The SMILES string of the molecule is CCc1cc(OC)c(OC)c(-c2cnoc2N)c1Cl. The molecule has 0 aliphatic rings. The number of anilines is 1. The summed E-state index contributed by atoms with van der Waals surface area (Å²) >= 11 is 6.42. The van der Waals surface area contributed by atoms with Gasteiger partial charge in [0.25, 0.3) is 0 Å². The molecule has 2 aromatic rings. The first kappa shape index (κ1) is 13.5. The second kappa shape index (κ2) is 5.40. The minimum absolute atomic E-state index is 0.190. The van der Waals surface area contributed by atoms with E-state index in [0.29, 0.717) is 27.6 Å². The van der Waals surface area contributed by atoms with Gasteiger partial charge in [-0.05, 0) is 18.1 Å². The van der Waals surface area contributed by atoms with Gasteiger partial charge in [0.15, 0.2) is 11.5 Å². The van der Waals surface area contributed by atoms with Crippen molar-refractivity contribution in [2.24, 2.45) is 0 Å². The lowest BCUT2D eigenvalue weighted by atomic mass is 10.0. The van der Waals surface area contributed by atoms with E-state index >= 15 is 0 Å². The number of halogens is 1. The van der Waals surface area contributed by atoms with Crippen molar-refractivity contribution in [1.82, 2.24) is 5.16 Å². The maximum absolute atomic E-state index is 6.42. The van der Waals surface area contributed by atoms with Gasteiger partial charge in [0.1, 0.15) is 0 Å². The quantitative estimate of drug-likeness (QED) is 0.933. The van der Waals surface area contributed by atoms with Crippen LogP contribution in [-0.4, -0.2) is 19.4 Å². The summed E-state index contributed by atoms with van der Waals surface area (Å²) in [7, 11) is 3.12. The number of benzene rings is 1. The molecule has 2 N–H and O–H groups in total. The van der Waals surface area contributed by atoms with Crippen LogP contribution in [0.25, 0.3) is 11.1 Å². The van der Waals surface area contributed by atoms with Crippen LogP contribution in [0.5, 0.6) is 11.5 Å². The zero-order valence-corrected chi connectivity index (χ0v) is 11.7. The Morgan fingerprint density at radius 3 is 2.58 bits per heavy atom. The minimum Gasteiger partial charge on any atom is -0.493 e. The zero-order valence-electron chi connectivity index (χ0n) is 11.0. The Balaban J connectivity index is 2.79. The van der Waals surface area contributed by atoms with Crippen LogP contribution in [0.1, 0.15) is 12.5 Å². The van der Waals surface area contributed by atoms with Gasteiger partial charge in [-0.25, -0.2) is 0 Å². The molecule has 1 heterocycles. The van der Waals surface area contributed by atoms with Crippen molar-refractivity contribution in [3.8, 4) is 22.6 Å². The van der Waals surface area contributed by atoms with E-state index in [9.17, 15) is 0 Å². The second-order valence-corrected chi connectivity index (χ2v) is 4.30. The van der Waals surface area contributed by atoms with E-state index in [1.54, 1.807) is 14.2 Å². The van der Waals surface area contributed by atoms with Crippen molar-refractivity contribution in [2.45, 2.75) is 13.3 Å². The minimum atomic E-state index is 0.190. The highest BCUT2D eigenvalue weighted by Gasteiger charge is 2.22. The van der Waals surface area contributed by atoms with E-state index in [0.717, 1.165) is 12.0 Å². The van der Waals surface area contributed by atoms with Gasteiger partial charge >= 0.3 is 0 Å². The highest BCUT2D eigenvalue weighted by molar-refractivity contribution is 6.34. The van der Waals surface area contributed by atoms with Crippen LogP contribution >= 0.6 is 11.6 Å². The van der Waals surface area contributed by atoms with Crippen molar-refractivity contribution < 1.29 is 14.0 Å². The second-order valence-electron chi connectivity index (χ2n) is 3.92. The first-order valence-corrected chi connectivity index (χ1v) is 6.15. The third kappa shape index (κ3) is 2.21. The number of hydrogen-bond acceptors (Lipinski definition) is 5. The van der Waals surface area contributed by atoms with Crippen molar-refractivity contribution in [1.29, 1.82) is 0 Å². The van der Waals surface area contributed by atoms with E-state index < -0.39 is 0 Å². The number of ether oxygens (including phenoxy) is 2.